The van der Waals surface area contributed by atoms with Crippen LogP contribution in [0.3, 0.4) is 0 Å². The van der Waals surface area contributed by atoms with Gasteiger partial charge in [0.2, 0.25) is 5.91 Å². The lowest BCUT2D eigenvalue weighted by molar-refractivity contribution is -0.128. The molecule has 0 spiro atoms. The predicted molar refractivity (Wildman–Crippen MR) is 111 cm³/mol. The average Bonchev–Trinajstić information content (AvgIpc) is 3.36. The Kier molecular flexibility index (Phi) is 6.55. The molecule has 1 unspecified atom stereocenters. The molecule has 4 rings (SSSR count). The molecule has 2 saturated heterocycles. The molecule has 152 valence electrons. The van der Waals surface area contributed by atoms with Crippen LogP contribution in [0.2, 0.25) is 0 Å². The summed E-state index contributed by atoms with van der Waals surface area (Å²) in [6.07, 6.45) is 11.1. The topological polar surface area (TPSA) is 53.5 Å². The summed E-state index contributed by atoms with van der Waals surface area (Å²) in [7, 11) is 0. The number of hydrogen-bond acceptors (Lipinski definition) is 4. The van der Waals surface area contributed by atoms with Crippen LogP contribution in [-0.2, 0) is 4.79 Å². The third-order valence-electron chi connectivity index (χ3n) is 6.41. The summed E-state index contributed by atoms with van der Waals surface area (Å²) in [5, 5.41) is 0.885. The quantitative estimate of drug-likeness (QED) is 0.680. The first kappa shape index (κ1) is 19.7. The van der Waals surface area contributed by atoms with Gasteiger partial charge in [-0.2, -0.15) is 0 Å². The maximum atomic E-state index is 13.2. The zero-order valence-corrected chi connectivity index (χ0v) is 17.5. The maximum absolute atomic E-state index is 13.2. The van der Waals surface area contributed by atoms with Gasteiger partial charge in [-0.15, -0.1) is 11.8 Å². The van der Waals surface area contributed by atoms with Crippen LogP contribution in [0.25, 0.3) is 0 Å². The van der Waals surface area contributed by atoms with Crippen LogP contribution in [0.1, 0.15) is 61.7 Å². The van der Waals surface area contributed by atoms with Gasteiger partial charge < -0.3 is 9.80 Å². The van der Waals surface area contributed by atoms with Gasteiger partial charge in [0.05, 0.1) is 5.56 Å². The molecule has 5 nitrogen and oxygen atoms in total. The van der Waals surface area contributed by atoms with Gasteiger partial charge in [-0.1, -0.05) is 19.3 Å². The largest absolute Gasteiger partial charge is 0.342 e. The first-order valence-corrected chi connectivity index (χ1v) is 11.8. The Labute approximate surface area is 172 Å². The van der Waals surface area contributed by atoms with Gasteiger partial charge >= 0.3 is 0 Å². The van der Waals surface area contributed by atoms with Crippen molar-refractivity contribution in [1.82, 2.24) is 14.8 Å². The SMILES string of the molecule is O=C1CCCN1CC1CCN(C(=O)c2cccnc2SCC2CCCCC2)C1. The Morgan fingerprint density at radius 1 is 1.11 bits per heavy atom. The van der Waals surface area contributed by atoms with E-state index < -0.39 is 0 Å². The number of hydrogen-bond donors (Lipinski definition) is 0. The highest BCUT2D eigenvalue weighted by molar-refractivity contribution is 7.99. The Balaban J connectivity index is 1.34. The third-order valence-corrected chi connectivity index (χ3v) is 7.64. The summed E-state index contributed by atoms with van der Waals surface area (Å²) in [4.78, 5) is 33.5. The number of likely N-dealkylation sites (tertiary alicyclic amines) is 2. The molecule has 3 heterocycles. The van der Waals surface area contributed by atoms with Gasteiger partial charge in [0, 0.05) is 44.5 Å². The molecule has 0 aromatic carbocycles. The summed E-state index contributed by atoms with van der Waals surface area (Å²) in [5.41, 5.74) is 0.751. The molecule has 1 aliphatic carbocycles. The first-order valence-electron chi connectivity index (χ1n) is 10.9. The minimum absolute atomic E-state index is 0.106. The molecule has 2 aliphatic heterocycles. The molecule has 2 amide bonds. The Bertz CT molecular complexity index is 705. The lowest BCUT2D eigenvalue weighted by atomic mass is 9.91. The molecule has 1 aromatic heterocycles. The van der Waals surface area contributed by atoms with Gasteiger partial charge in [-0.25, -0.2) is 4.98 Å². The van der Waals surface area contributed by atoms with E-state index in [1.807, 2.05) is 21.9 Å². The summed E-state index contributed by atoms with van der Waals surface area (Å²) in [6, 6.07) is 3.80. The predicted octanol–water partition coefficient (Wildman–Crippen LogP) is 3.84. The molecule has 1 saturated carbocycles. The van der Waals surface area contributed by atoms with Crippen LogP contribution < -0.4 is 0 Å². The van der Waals surface area contributed by atoms with Crippen molar-refractivity contribution < 1.29 is 9.59 Å². The van der Waals surface area contributed by atoms with Crippen molar-refractivity contribution in [3.05, 3.63) is 23.9 Å². The van der Waals surface area contributed by atoms with Crippen molar-refractivity contribution in [2.24, 2.45) is 11.8 Å². The lowest BCUT2D eigenvalue weighted by Gasteiger charge is -2.22. The van der Waals surface area contributed by atoms with E-state index in [0.29, 0.717) is 12.3 Å². The lowest BCUT2D eigenvalue weighted by Crippen LogP contribution is -2.34. The van der Waals surface area contributed by atoms with Gasteiger partial charge in [0.1, 0.15) is 5.03 Å². The number of nitrogens with zero attached hydrogens (tertiary/aromatic N) is 3. The molecule has 28 heavy (non-hydrogen) atoms. The third kappa shape index (κ3) is 4.70. The van der Waals surface area contributed by atoms with Crippen molar-refractivity contribution in [3.8, 4) is 0 Å². The normalized spacial score (nSPS) is 23.6. The van der Waals surface area contributed by atoms with E-state index in [0.717, 1.165) is 61.3 Å². The first-order chi connectivity index (χ1) is 13.7. The summed E-state index contributed by atoms with van der Waals surface area (Å²) in [5.74, 6) is 2.61. The molecule has 6 heteroatoms. The highest BCUT2D eigenvalue weighted by Crippen LogP contribution is 2.31. The molecular formula is C22H31N3O2S. The summed E-state index contributed by atoms with van der Waals surface area (Å²) >= 11 is 1.76. The van der Waals surface area contributed by atoms with Gasteiger partial charge in [0.15, 0.2) is 0 Å². The van der Waals surface area contributed by atoms with Gasteiger partial charge in [-0.3, -0.25) is 9.59 Å². The minimum atomic E-state index is 0.106. The average molecular weight is 402 g/mol. The van der Waals surface area contributed by atoms with E-state index in [9.17, 15) is 9.59 Å². The number of aromatic nitrogens is 1. The molecule has 3 fully saturated rings. The monoisotopic (exact) mass is 401 g/mol. The number of thioether (sulfide) groups is 1. The van der Waals surface area contributed by atoms with Crippen molar-refractivity contribution in [1.29, 1.82) is 0 Å². The summed E-state index contributed by atoms with van der Waals surface area (Å²) in [6.45, 7) is 3.23. The molecule has 0 bridgehead atoms. The fourth-order valence-corrected chi connectivity index (χ4v) is 5.94. The molecule has 1 atom stereocenters. The maximum Gasteiger partial charge on any atom is 0.256 e. The zero-order valence-electron chi connectivity index (χ0n) is 16.6. The van der Waals surface area contributed by atoms with E-state index in [1.165, 1.54) is 32.1 Å². The molecule has 3 aliphatic rings. The van der Waals surface area contributed by atoms with Gasteiger partial charge in [0.25, 0.3) is 5.91 Å². The van der Waals surface area contributed by atoms with Crippen LogP contribution in [-0.4, -0.2) is 58.5 Å². The minimum Gasteiger partial charge on any atom is -0.342 e. The van der Waals surface area contributed by atoms with Crippen molar-refractivity contribution in [3.63, 3.8) is 0 Å². The second-order valence-electron chi connectivity index (χ2n) is 8.52. The molecule has 1 aromatic rings. The number of rotatable bonds is 6. The Morgan fingerprint density at radius 2 is 1.96 bits per heavy atom. The highest BCUT2D eigenvalue weighted by atomic mass is 32.2. The highest BCUT2D eigenvalue weighted by Gasteiger charge is 2.31. The number of carbonyl (C=O) groups is 2. The van der Waals surface area contributed by atoms with Crippen LogP contribution in [0.15, 0.2) is 23.4 Å². The van der Waals surface area contributed by atoms with Gasteiger partial charge in [-0.05, 0) is 49.7 Å². The molecular weight excluding hydrogens is 370 g/mol. The van der Waals surface area contributed by atoms with Crippen LogP contribution in [0.5, 0.6) is 0 Å². The Morgan fingerprint density at radius 3 is 2.75 bits per heavy atom. The molecule has 0 N–H and O–H groups in total. The van der Waals surface area contributed by atoms with Crippen LogP contribution in [0.4, 0.5) is 0 Å². The summed E-state index contributed by atoms with van der Waals surface area (Å²) < 4.78 is 0. The standard InChI is InChI=1S/C22H31N3O2S/c26-20-9-5-12-24(20)14-18-10-13-25(15-18)22(27)19-8-4-11-23-21(19)28-16-17-6-2-1-3-7-17/h4,8,11,17-18H,1-3,5-7,9-10,12-16H2. The van der Waals surface area contributed by atoms with E-state index >= 15 is 0 Å². The number of carbonyl (C=O) groups excluding carboxylic acids is 2. The van der Waals surface area contributed by atoms with Crippen molar-refractivity contribution in [2.45, 2.75) is 56.4 Å². The van der Waals surface area contributed by atoms with Crippen molar-refractivity contribution >= 4 is 23.6 Å². The fraction of sp³-hybridized carbons (Fsp3) is 0.682. The van der Waals surface area contributed by atoms with E-state index in [4.69, 9.17) is 0 Å². The second kappa shape index (κ2) is 9.29. The Hall–Kier alpha value is -1.56. The molecule has 0 radical (unpaired) electrons. The van der Waals surface area contributed by atoms with Crippen LogP contribution >= 0.6 is 11.8 Å². The second-order valence-corrected chi connectivity index (χ2v) is 9.53. The van der Waals surface area contributed by atoms with E-state index in [1.54, 1.807) is 18.0 Å². The smallest absolute Gasteiger partial charge is 0.256 e. The van der Waals surface area contributed by atoms with Crippen LogP contribution in [0, 0.1) is 11.8 Å². The number of amides is 2. The number of pyridine rings is 1. The van der Waals surface area contributed by atoms with E-state index in [-0.39, 0.29) is 11.8 Å². The van der Waals surface area contributed by atoms with Crippen molar-refractivity contribution in [2.75, 3.05) is 31.9 Å². The zero-order chi connectivity index (χ0) is 19.3. The van der Waals surface area contributed by atoms with E-state index in [2.05, 4.69) is 4.98 Å². The fourth-order valence-electron chi connectivity index (χ4n) is 4.76.